The van der Waals surface area contributed by atoms with E-state index < -0.39 is 0 Å². The number of hydrogen-bond acceptors (Lipinski definition) is 3. The molecule has 1 heterocycles. The van der Waals surface area contributed by atoms with E-state index in [1.807, 2.05) is 0 Å². The number of hydrogen-bond donors (Lipinski definition) is 2. The molecular weight excluding hydrogens is 443 g/mol. The third-order valence-electron chi connectivity index (χ3n) is 6.56. The number of halogens is 1. The van der Waals surface area contributed by atoms with Crippen LogP contribution in [0.15, 0.2) is 4.99 Å². The molecular formula is C19H37IN4O2. The number of ether oxygens (including phenoxy) is 1. The van der Waals surface area contributed by atoms with Crippen molar-refractivity contribution < 1.29 is 9.53 Å². The summed E-state index contributed by atoms with van der Waals surface area (Å²) >= 11 is 0. The van der Waals surface area contributed by atoms with Crippen LogP contribution >= 0.6 is 24.0 Å². The summed E-state index contributed by atoms with van der Waals surface area (Å²) in [6.07, 6.45) is 3.72. The van der Waals surface area contributed by atoms with Crippen LogP contribution in [0, 0.1) is 11.3 Å². The van der Waals surface area contributed by atoms with E-state index in [1.54, 1.807) is 14.2 Å². The largest absolute Gasteiger partial charge is 0.378 e. The van der Waals surface area contributed by atoms with Crippen molar-refractivity contribution >= 4 is 35.8 Å². The van der Waals surface area contributed by atoms with Crippen molar-refractivity contribution in [3.8, 4) is 0 Å². The highest BCUT2D eigenvalue weighted by atomic mass is 127. The molecule has 152 valence electrons. The quantitative estimate of drug-likeness (QED) is 0.361. The maximum Gasteiger partial charge on any atom is 0.220 e. The fourth-order valence-corrected chi connectivity index (χ4v) is 3.98. The van der Waals surface area contributed by atoms with Gasteiger partial charge in [-0.3, -0.25) is 9.79 Å². The standard InChI is InChI=1S/C19H36N4O2.HI/c1-7-21-17(22-15-13-19(4,25-6)18(15,2)3)23-10-8-14(9-11-23)12-16(24)20-5;/h14-15H,7-13H2,1-6H3,(H,20,24)(H,21,22);1H. The van der Waals surface area contributed by atoms with E-state index in [0.717, 1.165) is 44.9 Å². The maximum atomic E-state index is 11.6. The molecule has 0 aromatic carbocycles. The molecule has 0 radical (unpaired) electrons. The number of carbonyl (C=O) groups is 1. The van der Waals surface area contributed by atoms with Gasteiger partial charge in [-0.05, 0) is 39.0 Å². The Hall–Kier alpha value is -0.570. The van der Waals surface area contributed by atoms with Gasteiger partial charge in [-0.15, -0.1) is 24.0 Å². The predicted molar refractivity (Wildman–Crippen MR) is 117 cm³/mol. The van der Waals surface area contributed by atoms with Gasteiger partial charge >= 0.3 is 0 Å². The first kappa shape index (κ1) is 23.5. The van der Waals surface area contributed by atoms with Crippen LogP contribution in [-0.2, 0) is 9.53 Å². The van der Waals surface area contributed by atoms with E-state index in [2.05, 4.69) is 43.2 Å². The lowest BCUT2D eigenvalue weighted by Crippen LogP contribution is -2.69. The molecule has 2 N–H and O–H groups in total. The monoisotopic (exact) mass is 480 g/mol. The number of methoxy groups -OCH3 is 1. The van der Waals surface area contributed by atoms with Crippen LogP contribution in [0.1, 0.15) is 53.4 Å². The first-order valence-corrected chi connectivity index (χ1v) is 9.59. The third kappa shape index (κ3) is 4.82. The average Bonchev–Trinajstić information content (AvgIpc) is 2.61. The van der Waals surface area contributed by atoms with Crippen LogP contribution in [-0.4, -0.2) is 62.2 Å². The molecule has 0 aromatic rings. The van der Waals surface area contributed by atoms with Gasteiger partial charge in [0.2, 0.25) is 5.91 Å². The molecule has 1 aliphatic heterocycles. The van der Waals surface area contributed by atoms with E-state index in [9.17, 15) is 4.79 Å². The molecule has 2 unspecified atom stereocenters. The minimum absolute atomic E-state index is 0. The van der Waals surface area contributed by atoms with Crippen molar-refractivity contribution in [2.45, 2.75) is 65.0 Å². The van der Waals surface area contributed by atoms with Gasteiger partial charge in [-0.25, -0.2) is 0 Å². The zero-order valence-electron chi connectivity index (χ0n) is 17.2. The first-order chi connectivity index (χ1) is 11.8. The molecule has 7 heteroatoms. The Balaban J connectivity index is 0.00000338. The summed E-state index contributed by atoms with van der Waals surface area (Å²) in [5.41, 5.74) is -0.0176. The summed E-state index contributed by atoms with van der Waals surface area (Å²) < 4.78 is 5.74. The molecule has 2 rings (SSSR count). The molecule has 1 saturated carbocycles. The van der Waals surface area contributed by atoms with E-state index in [-0.39, 0.29) is 40.9 Å². The predicted octanol–water partition coefficient (Wildman–Crippen LogP) is 2.62. The van der Waals surface area contributed by atoms with Crippen molar-refractivity contribution in [3.63, 3.8) is 0 Å². The number of carbonyl (C=O) groups excluding carboxylic acids is 1. The normalized spacial score (nSPS) is 28.8. The van der Waals surface area contributed by atoms with E-state index in [4.69, 9.17) is 9.73 Å². The average molecular weight is 480 g/mol. The van der Waals surface area contributed by atoms with Crippen molar-refractivity contribution in [1.82, 2.24) is 15.5 Å². The first-order valence-electron chi connectivity index (χ1n) is 9.59. The molecule has 2 fully saturated rings. The van der Waals surface area contributed by atoms with Crippen LogP contribution in [0.5, 0.6) is 0 Å². The van der Waals surface area contributed by atoms with Gasteiger partial charge in [0.15, 0.2) is 5.96 Å². The van der Waals surface area contributed by atoms with E-state index >= 15 is 0 Å². The Kier molecular flexibility index (Phi) is 8.64. The molecule has 26 heavy (non-hydrogen) atoms. The topological polar surface area (TPSA) is 66.0 Å². The highest BCUT2D eigenvalue weighted by Crippen LogP contribution is 2.51. The summed E-state index contributed by atoms with van der Waals surface area (Å²) in [5.74, 6) is 1.64. The van der Waals surface area contributed by atoms with Gasteiger partial charge < -0.3 is 20.3 Å². The molecule has 0 spiro atoms. The Bertz CT molecular complexity index is 504. The van der Waals surface area contributed by atoms with Gasteiger partial charge in [0, 0.05) is 51.7 Å². The van der Waals surface area contributed by atoms with Gasteiger partial charge in [-0.1, -0.05) is 13.8 Å². The smallest absolute Gasteiger partial charge is 0.220 e. The lowest BCUT2D eigenvalue weighted by atomic mass is 9.56. The molecule has 0 aromatic heterocycles. The van der Waals surface area contributed by atoms with Crippen LogP contribution in [0.2, 0.25) is 0 Å². The SMILES string of the molecule is CCN=C(NC1CC(C)(OC)C1(C)C)N1CCC(CC(=O)NC)CC1.I. The highest BCUT2D eigenvalue weighted by molar-refractivity contribution is 14.0. The number of guanidine groups is 1. The molecule has 1 amide bonds. The third-order valence-corrected chi connectivity index (χ3v) is 6.56. The summed E-state index contributed by atoms with van der Waals surface area (Å²) in [7, 11) is 3.51. The van der Waals surface area contributed by atoms with Crippen LogP contribution in [0.4, 0.5) is 0 Å². The number of rotatable bonds is 5. The van der Waals surface area contributed by atoms with Crippen molar-refractivity contribution in [2.24, 2.45) is 16.3 Å². The fourth-order valence-electron chi connectivity index (χ4n) is 3.98. The van der Waals surface area contributed by atoms with Crippen LogP contribution in [0.3, 0.4) is 0 Å². The second-order valence-corrected chi connectivity index (χ2v) is 8.16. The summed E-state index contributed by atoms with van der Waals surface area (Å²) in [6.45, 7) is 11.5. The van der Waals surface area contributed by atoms with Gasteiger partial charge in [0.05, 0.1) is 5.60 Å². The summed E-state index contributed by atoms with van der Waals surface area (Å²) in [5, 5.41) is 6.42. The van der Waals surface area contributed by atoms with Crippen molar-refractivity contribution in [2.75, 3.05) is 33.8 Å². The van der Waals surface area contributed by atoms with Crippen LogP contribution in [0.25, 0.3) is 0 Å². The minimum Gasteiger partial charge on any atom is -0.378 e. The Morgan fingerprint density at radius 3 is 2.35 bits per heavy atom. The zero-order valence-corrected chi connectivity index (χ0v) is 19.6. The number of piperidine rings is 1. The Labute approximate surface area is 175 Å². The molecule has 0 bridgehead atoms. The Morgan fingerprint density at radius 2 is 1.88 bits per heavy atom. The van der Waals surface area contributed by atoms with Crippen LogP contribution < -0.4 is 10.6 Å². The minimum atomic E-state index is -0.0809. The molecule has 1 saturated heterocycles. The number of aliphatic imine (C=N–C) groups is 1. The van der Waals surface area contributed by atoms with Gasteiger partial charge in [-0.2, -0.15) is 0 Å². The second kappa shape index (κ2) is 9.57. The number of amides is 1. The molecule has 2 atom stereocenters. The van der Waals surface area contributed by atoms with E-state index in [1.165, 1.54) is 0 Å². The van der Waals surface area contributed by atoms with Crippen molar-refractivity contribution in [1.29, 1.82) is 0 Å². The summed E-state index contributed by atoms with van der Waals surface area (Å²) in [4.78, 5) is 18.7. The van der Waals surface area contributed by atoms with Crippen molar-refractivity contribution in [3.05, 3.63) is 0 Å². The Morgan fingerprint density at radius 1 is 1.27 bits per heavy atom. The number of likely N-dealkylation sites (tertiary alicyclic amines) is 1. The van der Waals surface area contributed by atoms with Gasteiger partial charge in [0.25, 0.3) is 0 Å². The maximum absolute atomic E-state index is 11.6. The number of nitrogens with zero attached hydrogens (tertiary/aromatic N) is 2. The van der Waals surface area contributed by atoms with E-state index in [0.29, 0.717) is 18.4 Å². The highest BCUT2D eigenvalue weighted by Gasteiger charge is 2.58. The lowest BCUT2D eigenvalue weighted by molar-refractivity contribution is -0.177. The molecule has 1 aliphatic carbocycles. The second-order valence-electron chi connectivity index (χ2n) is 8.16. The summed E-state index contributed by atoms with van der Waals surface area (Å²) in [6, 6.07) is 0.367. The fraction of sp³-hybridized carbons (Fsp3) is 0.895. The molecule has 6 nitrogen and oxygen atoms in total. The molecule has 2 aliphatic rings. The number of nitrogens with one attached hydrogen (secondary N) is 2. The van der Waals surface area contributed by atoms with Gasteiger partial charge in [0.1, 0.15) is 0 Å². The zero-order chi connectivity index (χ0) is 18.7. The lowest BCUT2D eigenvalue weighted by Gasteiger charge is -2.59.